The van der Waals surface area contributed by atoms with Crippen molar-refractivity contribution in [3.63, 3.8) is 0 Å². The molecule has 0 aromatic carbocycles. The number of rotatable bonds is 4. The largest absolute Gasteiger partial charge is 0.378 e. The molecule has 0 unspecified atom stereocenters. The third-order valence-corrected chi connectivity index (χ3v) is 6.21. The molecule has 2 aliphatic heterocycles. The second-order valence-electron chi connectivity index (χ2n) is 8.23. The van der Waals surface area contributed by atoms with E-state index in [1.165, 1.54) is 25.7 Å². The third-order valence-electron chi connectivity index (χ3n) is 6.21. The Hall–Kier alpha value is -1.40. The molecule has 1 N–H and O–H groups in total. The molecule has 26 heavy (non-hydrogen) atoms. The fraction of sp³-hybridized carbons (Fsp3) is 0.800. The summed E-state index contributed by atoms with van der Waals surface area (Å²) in [6.07, 6.45) is 8.37. The smallest absolute Gasteiger partial charge is 0.274 e. The molecule has 0 bridgehead atoms. The van der Waals surface area contributed by atoms with Gasteiger partial charge in [-0.2, -0.15) is 5.10 Å². The molecule has 0 spiro atoms. The number of H-pyrrole nitrogens is 1. The summed E-state index contributed by atoms with van der Waals surface area (Å²) in [4.78, 5) is 14.9. The minimum atomic E-state index is -0.0301. The molecule has 3 aliphatic rings. The molecule has 1 saturated heterocycles. The van der Waals surface area contributed by atoms with E-state index in [1.54, 1.807) is 0 Å². The van der Waals surface area contributed by atoms with Crippen molar-refractivity contribution in [2.75, 3.05) is 19.7 Å². The zero-order valence-electron chi connectivity index (χ0n) is 16.0. The van der Waals surface area contributed by atoms with Crippen LogP contribution in [-0.4, -0.2) is 52.9 Å². The van der Waals surface area contributed by atoms with Gasteiger partial charge in [-0.25, -0.2) is 0 Å². The number of aromatic nitrogens is 2. The van der Waals surface area contributed by atoms with Gasteiger partial charge >= 0.3 is 0 Å². The van der Waals surface area contributed by atoms with Crippen molar-refractivity contribution in [3.8, 4) is 0 Å². The summed E-state index contributed by atoms with van der Waals surface area (Å²) in [7, 11) is 0. The van der Waals surface area contributed by atoms with Gasteiger partial charge in [-0.3, -0.25) is 9.89 Å². The van der Waals surface area contributed by atoms with Crippen molar-refractivity contribution in [2.45, 2.75) is 77.1 Å². The summed E-state index contributed by atoms with van der Waals surface area (Å²) in [5.41, 5.74) is 2.59. The van der Waals surface area contributed by atoms with Crippen LogP contribution < -0.4 is 0 Å². The van der Waals surface area contributed by atoms with Crippen LogP contribution in [0.3, 0.4) is 0 Å². The lowest BCUT2D eigenvalue weighted by Crippen LogP contribution is -2.41. The Morgan fingerprint density at radius 1 is 1.23 bits per heavy atom. The number of ether oxygens (including phenoxy) is 2. The van der Waals surface area contributed by atoms with Crippen molar-refractivity contribution in [1.82, 2.24) is 15.1 Å². The molecule has 2 atom stereocenters. The molecule has 6 nitrogen and oxygen atoms in total. The fourth-order valence-corrected chi connectivity index (χ4v) is 4.68. The van der Waals surface area contributed by atoms with Gasteiger partial charge in [0.05, 0.1) is 24.0 Å². The quantitative estimate of drug-likeness (QED) is 0.894. The number of aromatic amines is 1. The topological polar surface area (TPSA) is 67.5 Å². The molecular weight excluding hydrogens is 330 g/mol. The Kier molecular flexibility index (Phi) is 5.32. The predicted molar refractivity (Wildman–Crippen MR) is 98.1 cm³/mol. The molecular formula is C20H31N3O3. The average Bonchev–Trinajstić information content (AvgIpc) is 3.29. The number of carbonyl (C=O) groups is 1. The summed E-state index contributed by atoms with van der Waals surface area (Å²) in [6, 6.07) is 0. The van der Waals surface area contributed by atoms with E-state index >= 15 is 0 Å². The van der Waals surface area contributed by atoms with Crippen LogP contribution in [0.5, 0.6) is 0 Å². The van der Waals surface area contributed by atoms with Crippen molar-refractivity contribution in [2.24, 2.45) is 5.92 Å². The van der Waals surface area contributed by atoms with Gasteiger partial charge in [0.1, 0.15) is 0 Å². The Balaban J connectivity index is 1.32. The number of fused-ring (bicyclic) bond motifs is 1. The standard InChI is InChI=1S/C20H31N3O3/c1-13-11-17-18(14(2)26-13)21-22-19(17)20(24)23-9-7-16(8-10-23)25-12-15-5-3-4-6-15/h13-16H,3-12H2,1-2H3,(H,21,22)/t13-,14+/m1/s1. The van der Waals surface area contributed by atoms with Crippen molar-refractivity contribution >= 4 is 5.91 Å². The zero-order valence-corrected chi connectivity index (χ0v) is 16.0. The van der Waals surface area contributed by atoms with E-state index in [4.69, 9.17) is 9.47 Å². The normalized spacial score (nSPS) is 27.7. The van der Waals surface area contributed by atoms with Crippen LogP contribution in [-0.2, 0) is 15.9 Å². The molecule has 2 fully saturated rings. The lowest BCUT2D eigenvalue weighted by atomic mass is 9.98. The molecule has 1 aliphatic carbocycles. The van der Waals surface area contributed by atoms with Gasteiger partial charge in [0, 0.05) is 31.7 Å². The summed E-state index contributed by atoms with van der Waals surface area (Å²) in [5, 5.41) is 7.37. The van der Waals surface area contributed by atoms with Gasteiger partial charge in [0.2, 0.25) is 0 Å². The lowest BCUT2D eigenvalue weighted by Gasteiger charge is -2.32. The first-order chi connectivity index (χ1) is 12.6. The molecule has 1 amide bonds. The molecule has 6 heteroatoms. The lowest BCUT2D eigenvalue weighted by molar-refractivity contribution is -0.00798. The molecule has 144 valence electrons. The molecule has 3 heterocycles. The monoisotopic (exact) mass is 361 g/mol. The number of carbonyl (C=O) groups excluding carboxylic acids is 1. The van der Waals surface area contributed by atoms with E-state index in [-0.39, 0.29) is 18.1 Å². The number of nitrogens with one attached hydrogen (secondary N) is 1. The van der Waals surface area contributed by atoms with E-state index in [2.05, 4.69) is 10.2 Å². The van der Waals surface area contributed by atoms with E-state index in [1.807, 2.05) is 18.7 Å². The minimum absolute atomic E-state index is 0.0301. The summed E-state index contributed by atoms with van der Waals surface area (Å²) in [5.74, 6) is 0.814. The second-order valence-corrected chi connectivity index (χ2v) is 8.23. The predicted octanol–water partition coefficient (Wildman–Crippen LogP) is 3.24. The maximum Gasteiger partial charge on any atom is 0.274 e. The molecule has 1 aromatic heterocycles. The van der Waals surface area contributed by atoms with Crippen LogP contribution >= 0.6 is 0 Å². The molecule has 0 radical (unpaired) electrons. The highest BCUT2D eigenvalue weighted by molar-refractivity contribution is 5.94. The Morgan fingerprint density at radius 3 is 2.69 bits per heavy atom. The third kappa shape index (κ3) is 3.67. The zero-order chi connectivity index (χ0) is 18.1. The number of likely N-dealkylation sites (tertiary alicyclic amines) is 1. The first kappa shape index (κ1) is 18.0. The maximum atomic E-state index is 13.0. The summed E-state index contributed by atoms with van der Waals surface area (Å²) < 4.78 is 11.9. The Bertz CT molecular complexity index is 630. The molecule has 4 rings (SSSR count). The second kappa shape index (κ2) is 7.69. The van der Waals surface area contributed by atoms with Crippen molar-refractivity contribution in [1.29, 1.82) is 0 Å². The average molecular weight is 361 g/mol. The first-order valence-electron chi connectivity index (χ1n) is 10.2. The number of hydrogen-bond donors (Lipinski definition) is 1. The Labute approximate surface area is 155 Å². The van der Waals surface area contributed by atoms with E-state index < -0.39 is 0 Å². The van der Waals surface area contributed by atoms with Gasteiger partial charge in [0.15, 0.2) is 5.69 Å². The summed E-state index contributed by atoms with van der Waals surface area (Å²) >= 11 is 0. The van der Waals surface area contributed by atoms with Crippen LogP contribution in [0, 0.1) is 5.92 Å². The summed E-state index contributed by atoms with van der Waals surface area (Å²) in [6.45, 7) is 6.48. The molecule has 1 saturated carbocycles. The number of nitrogens with zero attached hydrogens (tertiary/aromatic N) is 2. The van der Waals surface area contributed by atoms with Gasteiger partial charge < -0.3 is 14.4 Å². The van der Waals surface area contributed by atoms with Crippen molar-refractivity contribution in [3.05, 3.63) is 17.0 Å². The fourth-order valence-electron chi connectivity index (χ4n) is 4.68. The Morgan fingerprint density at radius 2 is 1.96 bits per heavy atom. The van der Waals surface area contributed by atoms with E-state index in [9.17, 15) is 4.79 Å². The maximum absolute atomic E-state index is 13.0. The van der Waals surface area contributed by atoms with E-state index in [0.717, 1.165) is 56.1 Å². The number of hydrogen-bond acceptors (Lipinski definition) is 4. The first-order valence-corrected chi connectivity index (χ1v) is 10.2. The van der Waals surface area contributed by atoms with Crippen LogP contribution in [0.2, 0.25) is 0 Å². The van der Waals surface area contributed by atoms with Gasteiger partial charge in [0.25, 0.3) is 5.91 Å². The molecule has 1 aromatic rings. The van der Waals surface area contributed by atoms with Crippen LogP contribution in [0.1, 0.15) is 80.2 Å². The van der Waals surface area contributed by atoms with Crippen LogP contribution in [0.4, 0.5) is 0 Å². The van der Waals surface area contributed by atoms with Gasteiger partial charge in [-0.15, -0.1) is 0 Å². The van der Waals surface area contributed by atoms with E-state index in [0.29, 0.717) is 11.8 Å². The highest BCUT2D eigenvalue weighted by Crippen LogP contribution is 2.31. The van der Waals surface area contributed by atoms with Gasteiger partial charge in [-0.05, 0) is 45.4 Å². The highest BCUT2D eigenvalue weighted by Gasteiger charge is 2.33. The van der Waals surface area contributed by atoms with Gasteiger partial charge in [-0.1, -0.05) is 12.8 Å². The highest BCUT2D eigenvalue weighted by atomic mass is 16.5. The minimum Gasteiger partial charge on any atom is -0.378 e. The van der Waals surface area contributed by atoms with Crippen molar-refractivity contribution < 1.29 is 14.3 Å². The number of piperidine rings is 1. The van der Waals surface area contributed by atoms with Crippen LogP contribution in [0.15, 0.2) is 0 Å². The SMILES string of the molecule is C[C@@H]1Cc2c(C(=O)N3CCC(OCC4CCCC4)CC3)n[nH]c2[C@H](C)O1. The number of amides is 1. The van der Waals surface area contributed by atoms with Crippen LogP contribution in [0.25, 0.3) is 0 Å².